The van der Waals surface area contributed by atoms with E-state index in [1.165, 1.54) is 25.7 Å². The van der Waals surface area contributed by atoms with Gasteiger partial charge in [-0.15, -0.1) is 0 Å². The molecule has 4 atom stereocenters. The molecule has 2 saturated carbocycles. The Morgan fingerprint density at radius 3 is 2.79 bits per heavy atom. The lowest BCUT2D eigenvalue weighted by Crippen LogP contribution is -2.48. The molecular formula is C17H27NO. The quantitative estimate of drug-likeness (QED) is 0.844. The number of fused-ring (bicyclic) bond motifs is 1. The summed E-state index contributed by atoms with van der Waals surface area (Å²) in [6.45, 7) is 8.02. The van der Waals surface area contributed by atoms with Gasteiger partial charge >= 0.3 is 0 Å². The zero-order valence-corrected chi connectivity index (χ0v) is 12.8. The summed E-state index contributed by atoms with van der Waals surface area (Å²) in [7, 11) is 2.04. The third-order valence-corrected chi connectivity index (χ3v) is 6.90. The summed E-state index contributed by atoms with van der Waals surface area (Å²) in [5, 5.41) is 3.32. The summed E-state index contributed by atoms with van der Waals surface area (Å²) in [5.41, 5.74) is 3.20. The van der Waals surface area contributed by atoms with E-state index in [0.717, 1.165) is 24.5 Å². The molecular weight excluding hydrogens is 234 g/mol. The standard InChI is InChI=1S/C17H27NO/c1-11-5-6-13-9-14-12(2)15(19)10-17(11,14)16(13,3)7-8-18-4/h11,13,18H,5-10H2,1-4H3/t11-,13-,16+,17+/m1/s1. The Hall–Kier alpha value is -0.630. The molecule has 2 nitrogen and oxygen atoms in total. The van der Waals surface area contributed by atoms with Crippen molar-refractivity contribution in [2.75, 3.05) is 13.6 Å². The van der Waals surface area contributed by atoms with Gasteiger partial charge in [-0.05, 0) is 69.0 Å². The Bertz CT molecular complexity index is 452. The number of nitrogens with one attached hydrogen (secondary N) is 1. The van der Waals surface area contributed by atoms with Crippen LogP contribution in [0.15, 0.2) is 11.1 Å². The van der Waals surface area contributed by atoms with Crippen molar-refractivity contribution in [3.05, 3.63) is 11.1 Å². The van der Waals surface area contributed by atoms with Crippen LogP contribution in [0.25, 0.3) is 0 Å². The van der Waals surface area contributed by atoms with Crippen LogP contribution in [0.3, 0.4) is 0 Å². The van der Waals surface area contributed by atoms with E-state index in [4.69, 9.17) is 0 Å². The molecule has 0 aliphatic heterocycles. The zero-order chi connectivity index (χ0) is 13.8. The fourth-order valence-corrected chi connectivity index (χ4v) is 5.68. The minimum absolute atomic E-state index is 0.202. The molecule has 3 aliphatic rings. The molecule has 0 heterocycles. The van der Waals surface area contributed by atoms with Gasteiger partial charge in [-0.2, -0.15) is 0 Å². The van der Waals surface area contributed by atoms with Gasteiger partial charge in [0.05, 0.1) is 0 Å². The van der Waals surface area contributed by atoms with E-state index in [0.29, 0.717) is 17.1 Å². The Morgan fingerprint density at radius 1 is 1.37 bits per heavy atom. The van der Waals surface area contributed by atoms with Gasteiger partial charge in [-0.25, -0.2) is 0 Å². The highest BCUT2D eigenvalue weighted by atomic mass is 16.1. The summed E-state index contributed by atoms with van der Waals surface area (Å²) in [6, 6.07) is 0. The van der Waals surface area contributed by atoms with Crippen LogP contribution in [0.4, 0.5) is 0 Å². The van der Waals surface area contributed by atoms with Crippen LogP contribution in [-0.2, 0) is 4.79 Å². The van der Waals surface area contributed by atoms with E-state index in [1.54, 1.807) is 5.57 Å². The Labute approximate surface area is 117 Å². The summed E-state index contributed by atoms with van der Waals surface area (Å²) in [5.74, 6) is 1.90. The van der Waals surface area contributed by atoms with E-state index in [2.05, 4.69) is 26.1 Å². The molecule has 0 radical (unpaired) electrons. The number of carbonyl (C=O) groups is 1. The zero-order valence-electron chi connectivity index (χ0n) is 12.8. The maximum Gasteiger partial charge on any atom is 0.159 e. The Morgan fingerprint density at radius 2 is 2.11 bits per heavy atom. The van der Waals surface area contributed by atoms with E-state index in [1.807, 2.05) is 7.05 Å². The van der Waals surface area contributed by atoms with E-state index in [9.17, 15) is 4.79 Å². The summed E-state index contributed by atoms with van der Waals surface area (Å²) in [4.78, 5) is 12.3. The predicted molar refractivity (Wildman–Crippen MR) is 77.9 cm³/mol. The van der Waals surface area contributed by atoms with Gasteiger partial charge in [-0.1, -0.05) is 19.4 Å². The number of allylic oxidation sites excluding steroid dienone is 2. The average molecular weight is 261 g/mol. The van der Waals surface area contributed by atoms with Crippen LogP contribution in [0.5, 0.6) is 0 Å². The summed E-state index contributed by atoms with van der Waals surface area (Å²) < 4.78 is 0. The predicted octanol–water partition coefficient (Wildman–Crippen LogP) is 3.33. The molecule has 0 aromatic heterocycles. The van der Waals surface area contributed by atoms with Crippen LogP contribution in [-0.4, -0.2) is 19.4 Å². The first-order valence-corrected chi connectivity index (χ1v) is 7.85. The van der Waals surface area contributed by atoms with E-state index >= 15 is 0 Å². The van der Waals surface area contributed by atoms with Gasteiger partial charge < -0.3 is 5.32 Å². The monoisotopic (exact) mass is 261 g/mol. The third-order valence-electron chi connectivity index (χ3n) is 6.90. The second-order valence-electron chi connectivity index (χ2n) is 7.33. The van der Waals surface area contributed by atoms with Crippen molar-refractivity contribution in [1.29, 1.82) is 0 Å². The molecule has 2 bridgehead atoms. The van der Waals surface area contributed by atoms with Crippen molar-refractivity contribution >= 4 is 5.78 Å². The van der Waals surface area contributed by atoms with E-state index < -0.39 is 0 Å². The number of rotatable bonds is 3. The van der Waals surface area contributed by atoms with Crippen LogP contribution in [0.2, 0.25) is 0 Å². The van der Waals surface area contributed by atoms with Gasteiger partial charge in [0.1, 0.15) is 0 Å². The van der Waals surface area contributed by atoms with Crippen molar-refractivity contribution in [2.24, 2.45) is 22.7 Å². The summed E-state index contributed by atoms with van der Waals surface area (Å²) >= 11 is 0. The molecule has 2 heteroatoms. The summed E-state index contributed by atoms with van der Waals surface area (Å²) in [6.07, 6.45) is 5.87. The molecule has 0 saturated heterocycles. The molecule has 19 heavy (non-hydrogen) atoms. The lowest BCUT2D eigenvalue weighted by atomic mass is 9.51. The molecule has 1 spiro atoms. The third kappa shape index (κ3) is 1.44. The van der Waals surface area contributed by atoms with Gasteiger partial charge in [-0.3, -0.25) is 4.79 Å². The van der Waals surface area contributed by atoms with Crippen LogP contribution in [0, 0.1) is 22.7 Å². The van der Waals surface area contributed by atoms with Crippen molar-refractivity contribution in [3.8, 4) is 0 Å². The lowest BCUT2D eigenvalue weighted by molar-refractivity contribution is -0.120. The Kier molecular flexibility index (Phi) is 2.94. The Balaban J connectivity index is 2.10. The van der Waals surface area contributed by atoms with Crippen molar-refractivity contribution in [1.82, 2.24) is 5.32 Å². The maximum absolute atomic E-state index is 12.3. The highest BCUT2D eigenvalue weighted by Gasteiger charge is 2.66. The minimum Gasteiger partial charge on any atom is -0.320 e. The lowest BCUT2D eigenvalue weighted by Gasteiger charge is -2.53. The smallest absolute Gasteiger partial charge is 0.159 e. The highest BCUT2D eigenvalue weighted by Crippen LogP contribution is 2.73. The molecule has 1 N–H and O–H groups in total. The van der Waals surface area contributed by atoms with Crippen LogP contribution >= 0.6 is 0 Å². The first-order valence-electron chi connectivity index (χ1n) is 7.85. The van der Waals surface area contributed by atoms with Crippen molar-refractivity contribution < 1.29 is 4.79 Å². The van der Waals surface area contributed by atoms with Gasteiger partial charge in [0.2, 0.25) is 0 Å². The molecule has 106 valence electrons. The van der Waals surface area contributed by atoms with Crippen molar-refractivity contribution in [2.45, 2.75) is 52.9 Å². The van der Waals surface area contributed by atoms with Crippen LogP contribution in [0.1, 0.15) is 52.9 Å². The second kappa shape index (κ2) is 4.18. The van der Waals surface area contributed by atoms with Crippen molar-refractivity contribution in [3.63, 3.8) is 0 Å². The molecule has 0 amide bonds. The topological polar surface area (TPSA) is 29.1 Å². The number of hydrogen-bond donors (Lipinski definition) is 1. The molecule has 3 rings (SSSR count). The second-order valence-corrected chi connectivity index (χ2v) is 7.33. The molecule has 2 fully saturated rings. The molecule has 0 aromatic rings. The first-order chi connectivity index (χ1) is 8.97. The van der Waals surface area contributed by atoms with Crippen LogP contribution < -0.4 is 5.32 Å². The fourth-order valence-electron chi connectivity index (χ4n) is 5.68. The normalized spacial score (nSPS) is 44.9. The molecule has 0 aromatic carbocycles. The number of Topliss-reactive ketones (excluding diaryl/α,β-unsaturated/α-hetero) is 1. The van der Waals surface area contributed by atoms with Gasteiger partial charge in [0, 0.05) is 11.8 Å². The molecule has 3 aliphatic carbocycles. The van der Waals surface area contributed by atoms with Gasteiger partial charge in [0.15, 0.2) is 5.78 Å². The number of carbonyl (C=O) groups excluding carboxylic acids is 1. The van der Waals surface area contributed by atoms with E-state index in [-0.39, 0.29) is 5.41 Å². The number of hydrogen-bond acceptors (Lipinski definition) is 2. The van der Waals surface area contributed by atoms with Gasteiger partial charge in [0.25, 0.3) is 0 Å². The largest absolute Gasteiger partial charge is 0.320 e. The maximum atomic E-state index is 12.3. The minimum atomic E-state index is 0.202. The molecule has 0 unspecified atom stereocenters. The average Bonchev–Trinajstić information content (AvgIpc) is 2.70. The fraction of sp³-hybridized carbons (Fsp3) is 0.824. The number of ketones is 1. The first kappa shape index (κ1) is 13.4. The SMILES string of the molecule is CNCC[C@@]1(C)[C@@H]2CC[C@@H](C)[C@]13CC(=O)C(C)=C3C2. The highest BCUT2D eigenvalue weighted by molar-refractivity contribution is 6.00.